The lowest BCUT2D eigenvalue weighted by Crippen LogP contribution is -2.05. The Labute approximate surface area is 180 Å². The third kappa shape index (κ3) is 5.22. The first-order valence-electron chi connectivity index (χ1n) is 9.60. The molecule has 0 aliphatic heterocycles. The fourth-order valence-corrected chi connectivity index (χ4v) is 3.63. The first-order valence-corrected chi connectivity index (χ1v) is 11.0. The van der Waals surface area contributed by atoms with Gasteiger partial charge in [0.2, 0.25) is 5.95 Å². The molecule has 0 unspecified atom stereocenters. The highest BCUT2D eigenvalue weighted by atomic mass is 32.2. The quantitative estimate of drug-likeness (QED) is 0.445. The van der Waals surface area contributed by atoms with Crippen molar-refractivity contribution in [2.75, 3.05) is 24.7 Å². The number of nitrogens with zero attached hydrogens (tertiary/aromatic N) is 2. The van der Waals surface area contributed by atoms with Crippen LogP contribution in [0.1, 0.15) is 25.0 Å². The zero-order chi connectivity index (χ0) is 22.6. The van der Waals surface area contributed by atoms with Crippen LogP contribution in [-0.4, -0.2) is 36.2 Å². The summed E-state index contributed by atoms with van der Waals surface area (Å²) < 4.78 is 43.7. The predicted octanol–water partition coefficient (Wildman–Crippen LogP) is 2.94. The summed E-state index contributed by atoms with van der Waals surface area (Å²) in [6.07, 6.45) is 2.02. The Morgan fingerprint density at radius 3 is 2.06 bits per heavy atom. The van der Waals surface area contributed by atoms with Gasteiger partial charge in [-0.25, -0.2) is 4.98 Å². The Hall–Kier alpha value is -3.37. The van der Waals surface area contributed by atoms with Gasteiger partial charge in [0.05, 0.1) is 23.7 Å². The molecule has 9 nitrogen and oxygen atoms in total. The van der Waals surface area contributed by atoms with Gasteiger partial charge in [-0.3, -0.25) is 4.55 Å². The fraction of sp³-hybridized carbons (Fsp3) is 0.238. The predicted molar refractivity (Wildman–Crippen MR) is 118 cm³/mol. The Kier molecular flexibility index (Phi) is 6.62. The van der Waals surface area contributed by atoms with E-state index in [0.717, 1.165) is 5.56 Å². The van der Waals surface area contributed by atoms with E-state index >= 15 is 0 Å². The molecular weight excluding hydrogens is 420 g/mol. The molecular formula is C21H24N4O5S. The normalized spacial score (nSPS) is 11.3. The Morgan fingerprint density at radius 1 is 1.00 bits per heavy atom. The summed E-state index contributed by atoms with van der Waals surface area (Å²) in [7, 11) is -4.29. The third-order valence-electron chi connectivity index (χ3n) is 4.48. The molecule has 0 atom stereocenters. The largest absolute Gasteiger partial charge is 0.493 e. The van der Waals surface area contributed by atoms with E-state index in [0.29, 0.717) is 53.6 Å². The summed E-state index contributed by atoms with van der Waals surface area (Å²) in [5, 5.41) is 0. The number of nitrogen functional groups attached to an aromatic ring is 2. The molecule has 0 saturated carbocycles. The number of anilines is 2. The monoisotopic (exact) mass is 444 g/mol. The van der Waals surface area contributed by atoms with Crippen LogP contribution in [-0.2, 0) is 16.5 Å². The van der Waals surface area contributed by atoms with E-state index in [9.17, 15) is 13.0 Å². The van der Waals surface area contributed by atoms with E-state index in [1.165, 1.54) is 12.1 Å². The number of nitrogens with two attached hydrogens (primary N) is 2. The van der Waals surface area contributed by atoms with Crippen molar-refractivity contribution in [3.63, 3.8) is 0 Å². The van der Waals surface area contributed by atoms with Crippen LogP contribution in [0.3, 0.4) is 0 Å². The SMILES string of the molecule is CCOc1cc(Cc2cnc(N)nc2N)cc(OCC)c1-c1ccc(S(=O)(=O)O)cc1. The van der Waals surface area contributed by atoms with E-state index < -0.39 is 10.1 Å². The second-order valence-corrected chi connectivity index (χ2v) is 8.07. The molecule has 0 bridgehead atoms. The number of rotatable bonds is 8. The van der Waals surface area contributed by atoms with Crippen molar-refractivity contribution in [1.29, 1.82) is 0 Å². The fourth-order valence-electron chi connectivity index (χ4n) is 3.15. The van der Waals surface area contributed by atoms with Gasteiger partial charge in [0.15, 0.2) is 0 Å². The van der Waals surface area contributed by atoms with Gasteiger partial charge in [0.1, 0.15) is 17.3 Å². The molecule has 2 aromatic carbocycles. The van der Waals surface area contributed by atoms with Crippen molar-refractivity contribution >= 4 is 21.9 Å². The minimum atomic E-state index is -4.29. The van der Waals surface area contributed by atoms with Gasteiger partial charge in [-0.1, -0.05) is 12.1 Å². The molecule has 1 aromatic heterocycles. The van der Waals surface area contributed by atoms with Gasteiger partial charge in [0.25, 0.3) is 10.1 Å². The topological polar surface area (TPSA) is 151 Å². The first kappa shape index (κ1) is 22.3. The zero-order valence-electron chi connectivity index (χ0n) is 17.2. The summed E-state index contributed by atoms with van der Waals surface area (Å²) in [4.78, 5) is 7.80. The van der Waals surface area contributed by atoms with Crippen LogP contribution in [0.4, 0.5) is 11.8 Å². The summed E-state index contributed by atoms with van der Waals surface area (Å²) in [6, 6.07) is 9.58. The third-order valence-corrected chi connectivity index (χ3v) is 5.35. The van der Waals surface area contributed by atoms with Crippen molar-refractivity contribution in [2.24, 2.45) is 0 Å². The van der Waals surface area contributed by atoms with Crippen molar-refractivity contribution < 1.29 is 22.4 Å². The summed E-state index contributed by atoms with van der Waals surface area (Å²) in [5.41, 5.74) is 14.5. The van der Waals surface area contributed by atoms with Crippen LogP contribution in [0.25, 0.3) is 11.1 Å². The van der Waals surface area contributed by atoms with Crippen LogP contribution in [0, 0.1) is 0 Å². The molecule has 164 valence electrons. The van der Waals surface area contributed by atoms with Crippen molar-refractivity contribution in [1.82, 2.24) is 9.97 Å². The maximum Gasteiger partial charge on any atom is 0.294 e. The lowest BCUT2D eigenvalue weighted by atomic mass is 9.98. The molecule has 1 heterocycles. The number of hydrogen-bond donors (Lipinski definition) is 3. The van der Waals surface area contributed by atoms with Gasteiger partial charge in [-0.15, -0.1) is 0 Å². The van der Waals surface area contributed by atoms with Gasteiger partial charge < -0.3 is 20.9 Å². The maximum atomic E-state index is 11.4. The molecule has 10 heteroatoms. The van der Waals surface area contributed by atoms with E-state index in [1.54, 1.807) is 18.3 Å². The van der Waals surface area contributed by atoms with Crippen molar-refractivity contribution in [2.45, 2.75) is 25.2 Å². The van der Waals surface area contributed by atoms with Gasteiger partial charge >= 0.3 is 0 Å². The molecule has 3 rings (SSSR count). The molecule has 0 radical (unpaired) electrons. The smallest absolute Gasteiger partial charge is 0.294 e. The molecule has 0 amide bonds. The Morgan fingerprint density at radius 2 is 1.58 bits per heavy atom. The highest BCUT2D eigenvalue weighted by Gasteiger charge is 2.18. The molecule has 31 heavy (non-hydrogen) atoms. The maximum absolute atomic E-state index is 11.4. The molecule has 0 fully saturated rings. The number of hydrogen-bond acceptors (Lipinski definition) is 8. The number of aromatic nitrogens is 2. The van der Waals surface area contributed by atoms with Crippen LogP contribution < -0.4 is 20.9 Å². The molecule has 0 aliphatic carbocycles. The van der Waals surface area contributed by atoms with Gasteiger partial charge in [0, 0.05) is 18.2 Å². The molecule has 0 spiro atoms. The minimum Gasteiger partial charge on any atom is -0.493 e. The van der Waals surface area contributed by atoms with Crippen molar-refractivity contribution in [3.8, 4) is 22.6 Å². The molecule has 0 saturated heterocycles. The van der Waals surface area contributed by atoms with Crippen LogP contribution >= 0.6 is 0 Å². The lowest BCUT2D eigenvalue weighted by molar-refractivity contribution is 0.325. The molecule has 3 aromatic rings. The van der Waals surface area contributed by atoms with E-state index in [4.69, 9.17) is 20.9 Å². The van der Waals surface area contributed by atoms with Crippen LogP contribution in [0.5, 0.6) is 11.5 Å². The molecule has 5 N–H and O–H groups in total. The zero-order valence-corrected chi connectivity index (χ0v) is 18.0. The van der Waals surface area contributed by atoms with Crippen LogP contribution in [0.2, 0.25) is 0 Å². The van der Waals surface area contributed by atoms with E-state index in [1.807, 2.05) is 26.0 Å². The highest BCUT2D eigenvalue weighted by Crippen LogP contribution is 2.41. The Balaban J connectivity index is 2.10. The average Bonchev–Trinajstić information content (AvgIpc) is 2.70. The summed E-state index contributed by atoms with van der Waals surface area (Å²) in [5.74, 6) is 1.54. The second kappa shape index (κ2) is 9.19. The number of benzene rings is 2. The van der Waals surface area contributed by atoms with Crippen LogP contribution in [0.15, 0.2) is 47.5 Å². The lowest BCUT2D eigenvalue weighted by Gasteiger charge is -2.18. The van der Waals surface area contributed by atoms with Gasteiger partial charge in [-0.2, -0.15) is 13.4 Å². The van der Waals surface area contributed by atoms with Gasteiger partial charge in [-0.05, 0) is 49.2 Å². The van der Waals surface area contributed by atoms with E-state index in [2.05, 4.69) is 9.97 Å². The second-order valence-electron chi connectivity index (χ2n) is 6.65. The Bertz CT molecular complexity index is 1150. The van der Waals surface area contributed by atoms with Crippen molar-refractivity contribution in [3.05, 3.63) is 53.7 Å². The summed E-state index contributed by atoms with van der Waals surface area (Å²) >= 11 is 0. The average molecular weight is 445 g/mol. The first-order chi connectivity index (χ1) is 14.7. The number of ether oxygens (including phenoxy) is 2. The molecule has 0 aliphatic rings. The standard InChI is InChI=1S/C21H24N4O5S/c1-3-29-17-10-13(9-15-12-24-21(23)25-20(15)22)11-18(30-4-2)19(17)14-5-7-16(8-6-14)31(26,27)28/h5-8,10-12H,3-4,9H2,1-2H3,(H,26,27,28)(H4,22,23,24,25). The highest BCUT2D eigenvalue weighted by molar-refractivity contribution is 7.85. The summed E-state index contributed by atoms with van der Waals surface area (Å²) in [6.45, 7) is 4.56. The van der Waals surface area contributed by atoms with E-state index in [-0.39, 0.29) is 10.8 Å². The minimum absolute atomic E-state index is 0.106.